The molecule has 1 unspecified atom stereocenters. The third kappa shape index (κ3) is 6.29. The predicted molar refractivity (Wildman–Crippen MR) is 81.4 cm³/mol. The SMILES string of the molecule is Cc1cc(=O)[nH]c(NC(=O)NC(C)(C)CNC(C)N=C=O)n1. The first kappa shape index (κ1) is 17.5. The fourth-order valence-electron chi connectivity index (χ4n) is 1.66. The van der Waals surface area contributed by atoms with Crippen molar-refractivity contribution in [2.24, 2.45) is 4.99 Å². The van der Waals surface area contributed by atoms with E-state index < -0.39 is 17.7 Å². The van der Waals surface area contributed by atoms with Gasteiger partial charge in [0.2, 0.25) is 12.0 Å². The fourth-order valence-corrected chi connectivity index (χ4v) is 1.66. The zero-order chi connectivity index (χ0) is 16.8. The van der Waals surface area contributed by atoms with E-state index in [-0.39, 0.29) is 11.5 Å². The highest BCUT2D eigenvalue weighted by atomic mass is 16.2. The van der Waals surface area contributed by atoms with Crippen LogP contribution in [0.3, 0.4) is 0 Å². The Hall–Kier alpha value is -2.51. The summed E-state index contributed by atoms with van der Waals surface area (Å²) < 4.78 is 0. The van der Waals surface area contributed by atoms with Gasteiger partial charge in [-0.1, -0.05) is 0 Å². The third-order valence-electron chi connectivity index (χ3n) is 2.64. The minimum atomic E-state index is -0.610. The standard InChI is InChI=1S/C13H20N6O3/c1-8-5-10(21)17-11(16-8)18-12(22)19-13(3,4)6-14-9(2)15-7-20/h5,9,14H,6H2,1-4H3,(H3,16,17,18,19,21,22). The molecule has 0 bridgehead atoms. The topological polar surface area (TPSA) is 128 Å². The van der Waals surface area contributed by atoms with Crippen molar-refractivity contribution in [3.63, 3.8) is 0 Å². The monoisotopic (exact) mass is 308 g/mol. The number of amides is 2. The lowest BCUT2D eigenvalue weighted by Crippen LogP contribution is -2.53. The number of urea groups is 1. The molecule has 1 atom stereocenters. The number of aryl methyl sites for hydroxylation is 1. The van der Waals surface area contributed by atoms with Crippen LogP contribution >= 0.6 is 0 Å². The van der Waals surface area contributed by atoms with Gasteiger partial charge in [0, 0.05) is 23.8 Å². The zero-order valence-electron chi connectivity index (χ0n) is 13.0. The molecular formula is C13H20N6O3. The Balaban J connectivity index is 2.59. The second kappa shape index (κ2) is 7.48. The number of rotatable bonds is 6. The molecule has 0 saturated heterocycles. The molecule has 0 spiro atoms. The zero-order valence-corrected chi connectivity index (χ0v) is 13.0. The summed E-state index contributed by atoms with van der Waals surface area (Å²) in [5.74, 6) is 0.0742. The first-order chi connectivity index (χ1) is 10.2. The predicted octanol–water partition coefficient (Wildman–Crippen LogP) is 0.250. The molecule has 0 saturated carbocycles. The van der Waals surface area contributed by atoms with Gasteiger partial charge in [-0.15, -0.1) is 0 Å². The molecule has 22 heavy (non-hydrogen) atoms. The molecule has 9 heteroatoms. The molecule has 1 heterocycles. The van der Waals surface area contributed by atoms with E-state index >= 15 is 0 Å². The first-order valence-corrected chi connectivity index (χ1v) is 6.69. The van der Waals surface area contributed by atoms with Crippen molar-refractivity contribution >= 4 is 18.1 Å². The quantitative estimate of drug-likeness (QED) is 0.442. The minimum Gasteiger partial charge on any atom is -0.332 e. The summed E-state index contributed by atoms with van der Waals surface area (Å²) >= 11 is 0. The van der Waals surface area contributed by atoms with Crippen molar-refractivity contribution in [1.29, 1.82) is 0 Å². The van der Waals surface area contributed by atoms with Crippen LogP contribution in [0.5, 0.6) is 0 Å². The van der Waals surface area contributed by atoms with Crippen molar-refractivity contribution < 1.29 is 9.59 Å². The van der Waals surface area contributed by atoms with E-state index in [1.807, 2.05) is 0 Å². The van der Waals surface area contributed by atoms with Crippen molar-refractivity contribution in [2.45, 2.75) is 39.4 Å². The van der Waals surface area contributed by atoms with Crippen molar-refractivity contribution in [1.82, 2.24) is 20.6 Å². The van der Waals surface area contributed by atoms with Crippen molar-refractivity contribution in [2.75, 3.05) is 11.9 Å². The Bertz CT molecular complexity index is 633. The molecule has 120 valence electrons. The summed E-state index contributed by atoms with van der Waals surface area (Å²) in [6.45, 7) is 7.32. The van der Waals surface area contributed by atoms with Crippen LogP contribution < -0.4 is 21.5 Å². The maximum absolute atomic E-state index is 11.9. The molecule has 1 rings (SSSR count). The molecular weight excluding hydrogens is 288 g/mol. The van der Waals surface area contributed by atoms with E-state index in [0.29, 0.717) is 12.2 Å². The van der Waals surface area contributed by atoms with Gasteiger partial charge in [0.15, 0.2) is 0 Å². The van der Waals surface area contributed by atoms with E-state index in [9.17, 15) is 14.4 Å². The van der Waals surface area contributed by atoms with Crippen LogP contribution in [0.2, 0.25) is 0 Å². The summed E-state index contributed by atoms with van der Waals surface area (Å²) in [6.07, 6.45) is 1.07. The molecule has 9 nitrogen and oxygen atoms in total. The maximum Gasteiger partial charge on any atom is 0.322 e. The van der Waals surface area contributed by atoms with Crippen LogP contribution in [0, 0.1) is 6.92 Å². The Kier molecular flexibility index (Phi) is 5.97. The molecule has 4 N–H and O–H groups in total. The lowest BCUT2D eigenvalue weighted by atomic mass is 10.1. The second-order valence-electron chi connectivity index (χ2n) is 5.48. The lowest BCUT2D eigenvalue weighted by molar-refractivity contribution is 0.239. The van der Waals surface area contributed by atoms with Crippen LogP contribution in [-0.4, -0.2) is 40.3 Å². The summed E-state index contributed by atoms with van der Waals surface area (Å²) in [7, 11) is 0. The van der Waals surface area contributed by atoms with Gasteiger partial charge in [-0.05, 0) is 27.7 Å². The molecule has 0 aliphatic carbocycles. The Labute approximate surface area is 127 Å². The van der Waals surface area contributed by atoms with Crippen molar-refractivity contribution in [3.8, 4) is 0 Å². The van der Waals surface area contributed by atoms with Crippen LogP contribution in [-0.2, 0) is 4.79 Å². The first-order valence-electron chi connectivity index (χ1n) is 6.69. The maximum atomic E-state index is 11.9. The summed E-state index contributed by atoms with van der Waals surface area (Å²) in [5, 5.41) is 8.15. The van der Waals surface area contributed by atoms with E-state index in [1.165, 1.54) is 12.1 Å². The molecule has 0 aliphatic rings. The smallest absolute Gasteiger partial charge is 0.322 e. The molecule has 1 aromatic heterocycles. The molecule has 0 aromatic carbocycles. The molecule has 0 radical (unpaired) electrons. The fraction of sp³-hybridized carbons (Fsp3) is 0.538. The van der Waals surface area contributed by atoms with Crippen LogP contribution in [0.1, 0.15) is 26.5 Å². The molecule has 2 amide bonds. The van der Waals surface area contributed by atoms with Gasteiger partial charge in [-0.2, -0.15) is 4.99 Å². The third-order valence-corrected chi connectivity index (χ3v) is 2.64. The number of nitrogens with one attached hydrogen (secondary N) is 4. The number of carbonyl (C=O) groups is 1. The number of carbonyl (C=O) groups excluding carboxylic acids is 2. The number of aromatic amines is 1. The number of isocyanates is 1. The van der Waals surface area contributed by atoms with Gasteiger partial charge in [0.05, 0.1) is 0 Å². The summed E-state index contributed by atoms with van der Waals surface area (Å²) in [4.78, 5) is 43.3. The number of hydrogen-bond donors (Lipinski definition) is 4. The average molecular weight is 308 g/mol. The number of aliphatic imine (C=N–C) groups is 1. The van der Waals surface area contributed by atoms with E-state index in [1.54, 1.807) is 27.7 Å². The highest BCUT2D eigenvalue weighted by Gasteiger charge is 2.21. The minimum absolute atomic E-state index is 0.0742. The highest BCUT2D eigenvalue weighted by molar-refractivity contribution is 5.87. The Morgan fingerprint density at radius 1 is 1.55 bits per heavy atom. The van der Waals surface area contributed by atoms with Gasteiger partial charge in [-0.3, -0.25) is 20.4 Å². The summed E-state index contributed by atoms with van der Waals surface area (Å²) in [5.41, 5.74) is -0.453. The highest BCUT2D eigenvalue weighted by Crippen LogP contribution is 2.02. The van der Waals surface area contributed by atoms with Gasteiger partial charge in [-0.25, -0.2) is 14.6 Å². The molecule has 1 aromatic rings. The number of anilines is 1. The van der Waals surface area contributed by atoms with Gasteiger partial charge in [0.1, 0.15) is 6.17 Å². The number of H-pyrrole nitrogens is 1. The largest absolute Gasteiger partial charge is 0.332 e. The number of nitrogens with zero attached hydrogens (tertiary/aromatic N) is 2. The van der Waals surface area contributed by atoms with Crippen LogP contribution in [0.15, 0.2) is 15.9 Å². The van der Waals surface area contributed by atoms with E-state index in [4.69, 9.17) is 0 Å². The van der Waals surface area contributed by atoms with Crippen LogP contribution in [0.4, 0.5) is 10.7 Å². The van der Waals surface area contributed by atoms with E-state index in [0.717, 1.165) is 0 Å². The second-order valence-corrected chi connectivity index (χ2v) is 5.48. The molecule has 0 fully saturated rings. The number of aromatic nitrogens is 2. The average Bonchev–Trinajstić information content (AvgIpc) is 2.34. The van der Waals surface area contributed by atoms with Crippen molar-refractivity contribution in [3.05, 3.63) is 22.1 Å². The Morgan fingerprint density at radius 2 is 2.23 bits per heavy atom. The normalized spacial score (nSPS) is 12.2. The lowest BCUT2D eigenvalue weighted by Gasteiger charge is -2.27. The van der Waals surface area contributed by atoms with Gasteiger partial charge in [0.25, 0.3) is 5.56 Å². The van der Waals surface area contributed by atoms with Gasteiger partial charge >= 0.3 is 6.03 Å². The van der Waals surface area contributed by atoms with Gasteiger partial charge < -0.3 is 5.32 Å². The number of hydrogen-bond acceptors (Lipinski definition) is 6. The van der Waals surface area contributed by atoms with Crippen LogP contribution in [0.25, 0.3) is 0 Å². The summed E-state index contributed by atoms with van der Waals surface area (Å²) in [6, 6.07) is 0.818. The molecule has 0 aliphatic heterocycles. The van der Waals surface area contributed by atoms with E-state index in [2.05, 4.69) is 30.9 Å². The Morgan fingerprint density at radius 3 is 2.82 bits per heavy atom.